The second-order valence-electron chi connectivity index (χ2n) is 4.39. The number of halogens is 1. The summed E-state index contributed by atoms with van der Waals surface area (Å²) in [5, 5.41) is 0. The first kappa shape index (κ1) is 14.5. The zero-order valence-electron chi connectivity index (χ0n) is 10.9. The topological polar surface area (TPSA) is 69.7 Å². The molecule has 0 aliphatic carbocycles. The zero-order chi connectivity index (χ0) is 15.0. The van der Waals surface area contributed by atoms with Crippen molar-refractivity contribution in [1.29, 1.82) is 0 Å². The minimum atomic E-state index is -3.93. The van der Waals surface area contributed by atoms with Crippen molar-refractivity contribution in [3.8, 4) is 0 Å². The molecule has 0 atom stereocenters. The predicted octanol–water partition coefficient (Wildman–Crippen LogP) is 3.08. The molecule has 3 rings (SSSR count). The van der Waals surface area contributed by atoms with E-state index in [-0.39, 0.29) is 4.90 Å². The minimum absolute atomic E-state index is 0.0610. The number of carbonyl (C=O) groups is 1. The van der Waals surface area contributed by atoms with Gasteiger partial charge in [0.25, 0.3) is 0 Å². The van der Waals surface area contributed by atoms with Crippen molar-refractivity contribution >= 4 is 36.7 Å². The molecule has 1 aliphatic heterocycles. The van der Waals surface area contributed by atoms with Crippen LogP contribution in [0.15, 0.2) is 53.4 Å². The van der Waals surface area contributed by atoms with Gasteiger partial charge < -0.3 is 0 Å². The van der Waals surface area contributed by atoms with Crippen LogP contribution in [-0.4, -0.2) is 14.4 Å². The third-order valence-electron chi connectivity index (χ3n) is 2.85. The second-order valence-corrected chi connectivity index (χ2v) is 9.82. The summed E-state index contributed by atoms with van der Waals surface area (Å²) in [6.45, 7) is 1.86. The van der Waals surface area contributed by atoms with Gasteiger partial charge in [0.05, 0.1) is 0 Å². The van der Waals surface area contributed by atoms with E-state index in [1.807, 2.05) is 6.92 Å². The van der Waals surface area contributed by atoms with Gasteiger partial charge in [-0.25, -0.2) is 0 Å². The molecule has 0 unspecified atom stereocenters. The van der Waals surface area contributed by atoms with Gasteiger partial charge in [-0.1, -0.05) is 0 Å². The van der Waals surface area contributed by atoms with Gasteiger partial charge in [0.1, 0.15) is 0 Å². The van der Waals surface area contributed by atoms with Crippen molar-refractivity contribution < 1.29 is 18.8 Å². The van der Waals surface area contributed by atoms with Crippen molar-refractivity contribution in [3.05, 3.63) is 63.2 Å². The average Bonchev–Trinajstić information content (AvgIpc) is 2.76. The molecule has 0 radical (unpaired) electrons. The molecule has 2 aromatic rings. The van der Waals surface area contributed by atoms with Crippen molar-refractivity contribution in [2.75, 3.05) is 0 Å². The molecule has 1 aliphatic rings. The number of fused-ring (bicyclic) bond motifs is 1. The maximum atomic E-state index is 12.2. The molecule has 0 saturated carbocycles. The second kappa shape index (κ2) is 5.39. The van der Waals surface area contributed by atoms with Crippen LogP contribution in [0.4, 0.5) is 0 Å². The van der Waals surface area contributed by atoms with Crippen LogP contribution in [-0.2, 0) is 15.7 Å². The Kier molecular flexibility index (Phi) is 3.72. The molecule has 0 aromatic heterocycles. The summed E-state index contributed by atoms with van der Waals surface area (Å²) < 4.78 is 35.4. The number of hydrogen-bond acceptors (Lipinski definition) is 5. The van der Waals surface area contributed by atoms with Gasteiger partial charge >= 0.3 is 131 Å². The summed E-state index contributed by atoms with van der Waals surface area (Å²) in [6.07, 6.45) is 0. The normalized spacial score (nSPS) is 15.7. The van der Waals surface area contributed by atoms with Crippen LogP contribution in [0, 0.1) is 10.5 Å². The summed E-state index contributed by atoms with van der Waals surface area (Å²) in [5.41, 5.74) is 1.34. The molecular formula is C14H11IO5S. The quantitative estimate of drug-likeness (QED) is 0.717. The molecule has 0 amide bonds. The van der Waals surface area contributed by atoms with Crippen molar-refractivity contribution in [2.45, 2.75) is 11.8 Å². The van der Waals surface area contributed by atoms with Crippen LogP contribution >= 0.6 is 20.6 Å². The van der Waals surface area contributed by atoms with Crippen LogP contribution in [0.3, 0.4) is 0 Å². The third-order valence-corrected chi connectivity index (χ3v) is 9.07. The van der Waals surface area contributed by atoms with Crippen LogP contribution in [0.5, 0.6) is 0 Å². The molecule has 110 valence electrons. The average molecular weight is 418 g/mol. The van der Waals surface area contributed by atoms with Gasteiger partial charge in [0, 0.05) is 0 Å². The molecule has 5 nitrogen and oxygen atoms in total. The van der Waals surface area contributed by atoms with Gasteiger partial charge in [-0.05, 0) is 0 Å². The van der Waals surface area contributed by atoms with E-state index in [9.17, 15) is 13.2 Å². The molecule has 21 heavy (non-hydrogen) atoms. The van der Waals surface area contributed by atoms with E-state index in [0.717, 1.165) is 5.56 Å². The van der Waals surface area contributed by atoms with Crippen LogP contribution < -0.4 is 0 Å². The molecular weight excluding hydrogens is 407 g/mol. The van der Waals surface area contributed by atoms with Crippen molar-refractivity contribution in [1.82, 2.24) is 0 Å². The third kappa shape index (κ3) is 2.81. The number of aryl methyl sites for hydroxylation is 1. The number of carbonyl (C=O) groups excluding carboxylic acids is 1. The number of rotatable bonds is 3. The molecule has 7 heteroatoms. The molecule has 0 fully saturated rings. The molecule has 1 heterocycles. The van der Waals surface area contributed by atoms with E-state index in [0.29, 0.717) is 9.13 Å². The van der Waals surface area contributed by atoms with E-state index in [1.54, 1.807) is 36.4 Å². The Morgan fingerprint density at radius 1 is 1.05 bits per heavy atom. The summed E-state index contributed by atoms with van der Waals surface area (Å²) in [5.74, 6) is -0.519. The van der Waals surface area contributed by atoms with Gasteiger partial charge in [0.15, 0.2) is 0 Å². The van der Waals surface area contributed by atoms with E-state index in [2.05, 4.69) is 0 Å². The summed E-state index contributed by atoms with van der Waals surface area (Å²) in [4.78, 5) is 11.7. The number of hydrogen-bond donors (Lipinski definition) is 0. The van der Waals surface area contributed by atoms with Gasteiger partial charge in [-0.2, -0.15) is 0 Å². The fourth-order valence-corrected chi connectivity index (χ4v) is 7.49. The summed E-state index contributed by atoms with van der Waals surface area (Å²) in [6, 6.07) is 13.0. The first-order valence-corrected chi connectivity index (χ1v) is 10.3. The summed E-state index contributed by atoms with van der Waals surface area (Å²) in [7, 11) is -3.93. The Labute approximate surface area is 130 Å². The Hall–Kier alpha value is -1.45. The number of benzene rings is 2. The zero-order valence-corrected chi connectivity index (χ0v) is 13.9. The molecule has 0 saturated heterocycles. The van der Waals surface area contributed by atoms with E-state index < -0.39 is 36.7 Å². The van der Waals surface area contributed by atoms with E-state index >= 15 is 0 Å². The Morgan fingerprint density at radius 2 is 1.71 bits per heavy atom. The Morgan fingerprint density at radius 3 is 2.43 bits per heavy atom. The molecule has 2 aromatic carbocycles. The van der Waals surface area contributed by atoms with Gasteiger partial charge in [-0.3, -0.25) is 0 Å². The van der Waals surface area contributed by atoms with E-state index in [1.165, 1.54) is 12.1 Å². The van der Waals surface area contributed by atoms with Crippen LogP contribution in [0.2, 0.25) is 0 Å². The van der Waals surface area contributed by atoms with Gasteiger partial charge in [0.2, 0.25) is 0 Å². The fraction of sp³-hybridized carbons (Fsp3) is 0.0714. The first-order valence-electron chi connectivity index (χ1n) is 6.01. The summed E-state index contributed by atoms with van der Waals surface area (Å²) >= 11 is -2.98. The Balaban J connectivity index is 1.91. The standard InChI is InChI=1S/C14H11IO5S/c1-10-6-8-11(9-7-10)21(17,18)20-15-13-5-3-2-4-12(13)14(16)19-15/h2-9H,1H3. The Bertz CT molecular complexity index is 798. The molecule has 0 bridgehead atoms. The first-order chi connectivity index (χ1) is 9.97. The van der Waals surface area contributed by atoms with E-state index in [4.69, 9.17) is 5.58 Å². The monoisotopic (exact) mass is 418 g/mol. The SMILES string of the molecule is Cc1ccc(S(=O)(=O)OI2OC(=O)c3ccccc32)cc1. The fourth-order valence-electron chi connectivity index (χ4n) is 1.77. The van der Waals surface area contributed by atoms with Crippen LogP contribution in [0.1, 0.15) is 15.9 Å². The predicted molar refractivity (Wildman–Crippen MR) is 84.0 cm³/mol. The van der Waals surface area contributed by atoms with Crippen molar-refractivity contribution in [3.63, 3.8) is 0 Å². The molecule has 0 N–H and O–H groups in total. The van der Waals surface area contributed by atoms with Gasteiger partial charge in [-0.15, -0.1) is 0 Å². The van der Waals surface area contributed by atoms with Crippen LogP contribution in [0.25, 0.3) is 0 Å². The molecule has 0 spiro atoms. The van der Waals surface area contributed by atoms with Crippen molar-refractivity contribution in [2.24, 2.45) is 0 Å². The maximum absolute atomic E-state index is 12.2.